The molecule has 204 valence electrons. The summed E-state index contributed by atoms with van der Waals surface area (Å²) in [6.45, 7) is 1.83. The van der Waals surface area contributed by atoms with Crippen LogP contribution in [0.2, 0.25) is 0 Å². The summed E-state index contributed by atoms with van der Waals surface area (Å²) in [4.78, 5) is 0. The second kappa shape index (κ2) is 9.88. The molecule has 4 atom stereocenters. The number of aryl methyl sites for hydroxylation is 2. The Hall–Kier alpha value is -4.00. The minimum atomic E-state index is -0.0209. The van der Waals surface area contributed by atoms with E-state index in [-0.39, 0.29) is 34.8 Å². The van der Waals surface area contributed by atoms with Crippen molar-refractivity contribution in [2.75, 3.05) is 0 Å². The summed E-state index contributed by atoms with van der Waals surface area (Å²) in [7, 11) is 0. The molecule has 4 aliphatic rings. The van der Waals surface area contributed by atoms with E-state index in [0.29, 0.717) is 12.1 Å². The molecule has 0 unspecified atom stereocenters. The predicted octanol–water partition coefficient (Wildman–Crippen LogP) is 5.30. The first-order valence-corrected chi connectivity index (χ1v) is 14.2. The Labute approximate surface area is 234 Å². The summed E-state index contributed by atoms with van der Waals surface area (Å²) in [5.74, 6) is 0.476. The number of benzene rings is 4. The Morgan fingerprint density at radius 3 is 1.32 bits per heavy atom. The SMILES string of the molecule is Oc1cc2c(cc1O)[C@H]1c3ccccc3CN[C@@H]1CC2.Oc1cc2c(cc1O)[C@H]1c3ccccc3CN[C@@H]1CC2. The van der Waals surface area contributed by atoms with Crippen molar-refractivity contribution in [2.45, 2.75) is 62.7 Å². The third kappa shape index (κ3) is 4.19. The van der Waals surface area contributed by atoms with Crippen molar-refractivity contribution in [3.05, 3.63) is 117 Å². The summed E-state index contributed by atoms with van der Waals surface area (Å²) in [5, 5.41) is 46.3. The fourth-order valence-corrected chi connectivity index (χ4v) is 7.36. The highest BCUT2D eigenvalue weighted by Gasteiger charge is 2.36. The van der Waals surface area contributed by atoms with E-state index in [1.807, 2.05) is 0 Å². The Balaban J connectivity index is 0.000000132. The Kier molecular flexibility index (Phi) is 6.17. The first-order valence-electron chi connectivity index (χ1n) is 14.2. The summed E-state index contributed by atoms with van der Waals surface area (Å²) in [6.07, 6.45) is 4.02. The van der Waals surface area contributed by atoms with Crippen LogP contribution in [-0.4, -0.2) is 32.5 Å². The average molecular weight is 535 g/mol. The lowest BCUT2D eigenvalue weighted by Gasteiger charge is -2.39. The molecule has 2 heterocycles. The molecule has 0 bridgehead atoms. The fourth-order valence-electron chi connectivity index (χ4n) is 7.36. The van der Waals surface area contributed by atoms with Gasteiger partial charge >= 0.3 is 0 Å². The molecular formula is C34H34N2O4. The largest absolute Gasteiger partial charge is 0.504 e. The summed E-state index contributed by atoms with van der Waals surface area (Å²) >= 11 is 0. The molecule has 6 heteroatoms. The molecule has 2 aliphatic carbocycles. The molecule has 0 fully saturated rings. The van der Waals surface area contributed by atoms with Crippen LogP contribution in [0.3, 0.4) is 0 Å². The number of nitrogens with one attached hydrogen (secondary N) is 2. The number of hydrogen-bond donors (Lipinski definition) is 6. The van der Waals surface area contributed by atoms with E-state index in [4.69, 9.17) is 0 Å². The zero-order valence-corrected chi connectivity index (χ0v) is 22.3. The molecule has 40 heavy (non-hydrogen) atoms. The molecule has 0 aromatic heterocycles. The van der Waals surface area contributed by atoms with Crippen molar-refractivity contribution in [3.63, 3.8) is 0 Å². The van der Waals surface area contributed by atoms with Gasteiger partial charge in [0.25, 0.3) is 0 Å². The van der Waals surface area contributed by atoms with E-state index in [9.17, 15) is 20.4 Å². The molecule has 0 saturated heterocycles. The number of phenols is 4. The van der Waals surface area contributed by atoms with Crippen molar-refractivity contribution >= 4 is 0 Å². The second-order valence-corrected chi connectivity index (χ2v) is 11.5. The van der Waals surface area contributed by atoms with Gasteiger partial charge in [-0.05, 0) is 94.5 Å². The minimum absolute atomic E-state index is 0.0146. The lowest BCUT2D eigenvalue weighted by atomic mass is 9.72. The van der Waals surface area contributed by atoms with Crippen molar-refractivity contribution in [3.8, 4) is 23.0 Å². The van der Waals surface area contributed by atoms with E-state index in [1.54, 1.807) is 24.3 Å². The molecule has 0 spiro atoms. The van der Waals surface area contributed by atoms with Gasteiger partial charge in [-0.25, -0.2) is 0 Å². The van der Waals surface area contributed by atoms with E-state index in [2.05, 4.69) is 59.2 Å². The summed E-state index contributed by atoms with van der Waals surface area (Å²) < 4.78 is 0. The van der Waals surface area contributed by atoms with Crippen LogP contribution in [0.25, 0.3) is 0 Å². The normalized spacial score (nSPS) is 23.6. The lowest BCUT2D eigenvalue weighted by molar-refractivity contribution is 0.380. The topological polar surface area (TPSA) is 105 Å². The number of rotatable bonds is 0. The fraction of sp³-hybridized carbons (Fsp3) is 0.294. The van der Waals surface area contributed by atoms with Gasteiger partial charge in [0.05, 0.1) is 0 Å². The third-order valence-electron chi connectivity index (χ3n) is 9.29. The maximum absolute atomic E-state index is 9.84. The maximum Gasteiger partial charge on any atom is 0.157 e. The maximum atomic E-state index is 9.84. The smallest absolute Gasteiger partial charge is 0.157 e. The van der Waals surface area contributed by atoms with E-state index >= 15 is 0 Å². The minimum Gasteiger partial charge on any atom is -0.504 e. The molecule has 6 nitrogen and oxygen atoms in total. The van der Waals surface area contributed by atoms with Crippen LogP contribution < -0.4 is 10.6 Å². The Morgan fingerprint density at radius 2 is 0.875 bits per heavy atom. The number of hydrogen-bond acceptors (Lipinski definition) is 6. The monoisotopic (exact) mass is 534 g/mol. The number of phenolic OH excluding ortho intramolecular Hbond substituents is 4. The zero-order valence-electron chi connectivity index (χ0n) is 22.3. The quantitative estimate of drug-likeness (QED) is 0.171. The highest BCUT2D eigenvalue weighted by atomic mass is 16.3. The van der Waals surface area contributed by atoms with Crippen LogP contribution in [0, 0.1) is 0 Å². The van der Waals surface area contributed by atoms with Gasteiger partial charge in [-0.15, -0.1) is 0 Å². The van der Waals surface area contributed by atoms with Crippen molar-refractivity contribution in [1.29, 1.82) is 0 Å². The second-order valence-electron chi connectivity index (χ2n) is 11.5. The van der Waals surface area contributed by atoms with Gasteiger partial charge in [0, 0.05) is 37.0 Å². The van der Waals surface area contributed by atoms with E-state index in [0.717, 1.165) is 61.0 Å². The van der Waals surface area contributed by atoms with Crippen LogP contribution >= 0.6 is 0 Å². The Bertz CT molecular complexity index is 1480. The number of fused-ring (bicyclic) bond motifs is 10. The van der Waals surface area contributed by atoms with Crippen LogP contribution in [-0.2, 0) is 25.9 Å². The highest BCUT2D eigenvalue weighted by Crippen LogP contribution is 2.45. The van der Waals surface area contributed by atoms with Crippen molar-refractivity contribution < 1.29 is 20.4 Å². The molecule has 8 rings (SSSR count). The van der Waals surface area contributed by atoms with E-state index < -0.39 is 0 Å². The molecule has 2 aliphatic heterocycles. The predicted molar refractivity (Wildman–Crippen MR) is 154 cm³/mol. The van der Waals surface area contributed by atoms with Crippen LogP contribution in [0.15, 0.2) is 72.8 Å². The van der Waals surface area contributed by atoms with Gasteiger partial charge in [0.15, 0.2) is 23.0 Å². The molecule has 4 aromatic carbocycles. The van der Waals surface area contributed by atoms with Crippen molar-refractivity contribution in [2.24, 2.45) is 0 Å². The first kappa shape index (κ1) is 25.0. The third-order valence-corrected chi connectivity index (χ3v) is 9.29. The molecule has 0 radical (unpaired) electrons. The standard InChI is InChI=1S/2C17H17NO2/c2*19-15-7-10-5-6-14-17(13(10)8-16(15)20)12-4-2-1-3-11(12)9-18-14/h2*1-4,7-8,14,17-20H,5-6,9H2/t2*14-,17-/m11/s1. The van der Waals surface area contributed by atoms with Gasteiger partial charge < -0.3 is 31.1 Å². The zero-order chi connectivity index (χ0) is 27.4. The van der Waals surface area contributed by atoms with Crippen LogP contribution in [0.4, 0.5) is 0 Å². The first-order chi connectivity index (χ1) is 19.5. The number of aromatic hydroxyl groups is 4. The van der Waals surface area contributed by atoms with E-state index in [1.165, 1.54) is 22.3 Å². The molecular weight excluding hydrogens is 500 g/mol. The molecule has 0 amide bonds. The van der Waals surface area contributed by atoms with Gasteiger partial charge in [-0.2, -0.15) is 0 Å². The summed E-state index contributed by atoms with van der Waals surface area (Å²) in [5.41, 5.74) is 9.96. The molecule has 6 N–H and O–H groups in total. The van der Waals surface area contributed by atoms with Gasteiger partial charge in [-0.3, -0.25) is 0 Å². The van der Waals surface area contributed by atoms with Gasteiger partial charge in [-0.1, -0.05) is 48.5 Å². The van der Waals surface area contributed by atoms with Gasteiger partial charge in [0.2, 0.25) is 0 Å². The average Bonchev–Trinajstić information content (AvgIpc) is 2.98. The molecule has 4 aromatic rings. The van der Waals surface area contributed by atoms with Crippen molar-refractivity contribution in [1.82, 2.24) is 10.6 Å². The highest BCUT2D eigenvalue weighted by molar-refractivity contribution is 5.54. The lowest BCUT2D eigenvalue weighted by Crippen LogP contribution is -2.42. The molecule has 0 saturated carbocycles. The van der Waals surface area contributed by atoms with Crippen LogP contribution in [0.1, 0.15) is 69.2 Å². The summed E-state index contributed by atoms with van der Waals surface area (Å²) in [6, 6.07) is 24.7. The van der Waals surface area contributed by atoms with Gasteiger partial charge in [0.1, 0.15) is 0 Å². The van der Waals surface area contributed by atoms with Crippen LogP contribution in [0.5, 0.6) is 23.0 Å². The Morgan fingerprint density at radius 1 is 0.475 bits per heavy atom.